The van der Waals surface area contributed by atoms with E-state index in [1.165, 1.54) is 6.07 Å². The highest BCUT2D eigenvalue weighted by atomic mass is 19.1. The summed E-state index contributed by atoms with van der Waals surface area (Å²) in [7, 11) is 0. The van der Waals surface area contributed by atoms with Crippen molar-refractivity contribution in [3.8, 4) is 5.75 Å². The van der Waals surface area contributed by atoms with Crippen molar-refractivity contribution in [3.05, 3.63) is 66.0 Å². The van der Waals surface area contributed by atoms with Crippen LogP contribution in [0.2, 0.25) is 0 Å². The smallest absolute Gasteiger partial charge is 0.165 e. The Labute approximate surface area is 88.1 Å². The van der Waals surface area contributed by atoms with Gasteiger partial charge in [0, 0.05) is 0 Å². The third-order valence-electron chi connectivity index (χ3n) is 2.07. The summed E-state index contributed by atoms with van der Waals surface area (Å²) in [5, 5.41) is 0. The SMILES string of the molecule is Fc1ccccc1OCc1ccccc1. The highest BCUT2D eigenvalue weighted by Gasteiger charge is 2.00. The van der Waals surface area contributed by atoms with Gasteiger partial charge in [0.2, 0.25) is 0 Å². The first kappa shape index (κ1) is 9.71. The first-order valence-electron chi connectivity index (χ1n) is 4.77. The summed E-state index contributed by atoms with van der Waals surface area (Å²) in [5.41, 5.74) is 1.03. The van der Waals surface area contributed by atoms with Crippen molar-refractivity contribution >= 4 is 0 Å². The molecule has 0 aliphatic heterocycles. The van der Waals surface area contributed by atoms with Crippen LogP contribution in [0.25, 0.3) is 0 Å². The Balaban J connectivity index is 2.03. The molecule has 0 radical (unpaired) electrons. The zero-order chi connectivity index (χ0) is 10.5. The Morgan fingerprint density at radius 1 is 0.867 bits per heavy atom. The molecular formula is C13H11FO. The van der Waals surface area contributed by atoms with Crippen LogP contribution in [0, 0.1) is 5.82 Å². The third kappa shape index (κ3) is 2.56. The minimum Gasteiger partial charge on any atom is -0.486 e. The van der Waals surface area contributed by atoms with Crippen molar-refractivity contribution in [2.45, 2.75) is 6.61 Å². The molecule has 0 N–H and O–H groups in total. The van der Waals surface area contributed by atoms with E-state index in [1.807, 2.05) is 30.3 Å². The largest absolute Gasteiger partial charge is 0.486 e. The monoisotopic (exact) mass is 202 g/mol. The van der Waals surface area contributed by atoms with Gasteiger partial charge in [-0.25, -0.2) is 4.39 Å². The fourth-order valence-electron chi connectivity index (χ4n) is 1.30. The molecule has 15 heavy (non-hydrogen) atoms. The summed E-state index contributed by atoms with van der Waals surface area (Å²) in [6, 6.07) is 16.1. The Morgan fingerprint density at radius 2 is 1.53 bits per heavy atom. The van der Waals surface area contributed by atoms with Gasteiger partial charge >= 0.3 is 0 Å². The minimum absolute atomic E-state index is 0.293. The van der Waals surface area contributed by atoms with Crippen molar-refractivity contribution in [2.24, 2.45) is 0 Å². The lowest BCUT2D eigenvalue weighted by atomic mass is 10.2. The number of ether oxygens (including phenoxy) is 1. The first-order chi connectivity index (χ1) is 7.36. The van der Waals surface area contributed by atoms with Crippen molar-refractivity contribution in [3.63, 3.8) is 0 Å². The topological polar surface area (TPSA) is 9.23 Å². The van der Waals surface area contributed by atoms with Gasteiger partial charge in [0.1, 0.15) is 6.61 Å². The molecule has 2 aromatic rings. The molecule has 76 valence electrons. The normalized spacial score (nSPS) is 9.93. The second-order valence-electron chi connectivity index (χ2n) is 3.20. The summed E-state index contributed by atoms with van der Waals surface area (Å²) in [6.45, 7) is 0.391. The predicted octanol–water partition coefficient (Wildman–Crippen LogP) is 3.40. The molecule has 0 aliphatic carbocycles. The van der Waals surface area contributed by atoms with Crippen LogP contribution in [0.5, 0.6) is 5.75 Å². The van der Waals surface area contributed by atoms with Gasteiger partial charge in [0.05, 0.1) is 0 Å². The Hall–Kier alpha value is -1.83. The standard InChI is InChI=1S/C13H11FO/c14-12-8-4-5-9-13(12)15-10-11-6-2-1-3-7-11/h1-9H,10H2. The molecule has 0 amide bonds. The van der Waals surface area contributed by atoms with Gasteiger partial charge in [0.25, 0.3) is 0 Å². The lowest BCUT2D eigenvalue weighted by Crippen LogP contribution is -1.96. The van der Waals surface area contributed by atoms with Gasteiger partial charge in [-0.1, -0.05) is 42.5 Å². The van der Waals surface area contributed by atoms with Crippen LogP contribution in [-0.4, -0.2) is 0 Å². The maximum atomic E-state index is 13.2. The maximum Gasteiger partial charge on any atom is 0.165 e. The van der Waals surface area contributed by atoms with E-state index < -0.39 is 0 Å². The number of benzene rings is 2. The van der Waals surface area contributed by atoms with Crippen LogP contribution in [0.3, 0.4) is 0 Å². The molecule has 2 heteroatoms. The van der Waals surface area contributed by atoms with E-state index in [0.717, 1.165) is 5.56 Å². The van der Waals surface area contributed by atoms with E-state index >= 15 is 0 Å². The predicted molar refractivity (Wildman–Crippen MR) is 57.2 cm³/mol. The molecule has 1 nitrogen and oxygen atoms in total. The van der Waals surface area contributed by atoms with Crippen LogP contribution >= 0.6 is 0 Å². The van der Waals surface area contributed by atoms with E-state index in [4.69, 9.17) is 4.74 Å². The average Bonchev–Trinajstić information content (AvgIpc) is 2.29. The van der Waals surface area contributed by atoms with Crippen molar-refractivity contribution in [2.75, 3.05) is 0 Å². The summed E-state index contributed by atoms with van der Waals surface area (Å²) >= 11 is 0. The second kappa shape index (κ2) is 4.60. The van der Waals surface area contributed by atoms with Crippen molar-refractivity contribution < 1.29 is 9.13 Å². The highest BCUT2D eigenvalue weighted by molar-refractivity contribution is 5.24. The van der Waals surface area contributed by atoms with Gasteiger partial charge < -0.3 is 4.74 Å². The van der Waals surface area contributed by atoms with Gasteiger partial charge in [-0.05, 0) is 17.7 Å². The van der Waals surface area contributed by atoms with Crippen LogP contribution < -0.4 is 4.74 Å². The highest BCUT2D eigenvalue weighted by Crippen LogP contribution is 2.16. The molecule has 0 aromatic heterocycles. The fraction of sp³-hybridized carbons (Fsp3) is 0.0769. The van der Waals surface area contributed by atoms with Crippen LogP contribution in [0.4, 0.5) is 4.39 Å². The Bertz CT molecular complexity index is 426. The summed E-state index contributed by atoms with van der Waals surface area (Å²) < 4.78 is 18.5. The lowest BCUT2D eigenvalue weighted by Gasteiger charge is -2.06. The van der Waals surface area contributed by atoms with Gasteiger partial charge in [-0.15, -0.1) is 0 Å². The molecule has 0 aliphatic rings. The maximum absolute atomic E-state index is 13.2. The number of halogens is 1. The summed E-state index contributed by atoms with van der Waals surface area (Å²) in [5.74, 6) is -0.0326. The molecule has 0 spiro atoms. The van der Waals surface area contributed by atoms with Crippen molar-refractivity contribution in [1.29, 1.82) is 0 Å². The molecule has 0 unspecified atom stereocenters. The molecule has 0 fully saturated rings. The molecule has 0 bridgehead atoms. The number of rotatable bonds is 3. The van der Waals surface area contributed by atoms with Crippen LogP contribution in [0.15, 0.2) is 54.6 Å². The Morgan fingerprint density at radius 3 is 2.27 bits per heavy atom. The number of hydrogen-bond donors (Lipinski definition) is 0. The van der Waals surface area contributed by atoms with Crippen molar-refractivity contribution in [1.82, 2.24) is 0 Å². The minimum atomic E-state index is -0.326. The third-order valence-corrected chi connectivity index (χ3v) is 2.07. The lowest BCUT2D eigenvalue weighted by molar-refractivity contribution is 0.290. The van der Waals surface area contributed by atoms with Gasteiger partial charge in [-0.2, -0.15) is 0 Å². The Kier molecular flexibility index (Phi) is 2.98. The zero-order valence-electron chi connectivity index (χ0n) is 8.19. The van der Waals surface area contributed by atoms with E-state index in [9.17, 15) is 4.39 Å². The second-order valence-corrected chi connectivity index (χ2v) is 3.20. The molecule has 0 saturated carbocycles. The molecule has 0 saturated heterocycles. The number of hydrogen-bond acceptors (Lipinski definition) is 1. The van der Waals surface area contributed by atoms with Gasteiger partial charge in [-0.3, -0.25) is 0 Å². The zero-order valence-corrected chi connectivity index (χ0v) is 8.19. The average molecular weight is 202 g/mol. The quantitative estimate of drug-likeness (QED) is 0.741. The molecule has 2 rings (SSSR count). The van der Waals surface area contributed by atoms with E-state index in [1.54, 1.807) is 18.2 Å². The molecule has 0 heterocycles. The van der Waals surface area contributed by atoms with E-state index in [-0.39, 0.29) is 5.82 Å². The number of para-hydroxylation sites is 1. The van der Waals surface area contributed by atoms with Crippen LogP contribution in [-0.2, 0) is 6.61 Å². The molecule has 2 aromatic carbocycles. The fourth-order valence-corrected chi connectivity index (χ4v) is 1.30. The molecular weight excluding hydrogens is 191 g/mol. The van der Waals surface area contributed by atoms with E-state index in [2.05, 4.69) is 0 Å². The summed E-state index contributed by atoms with van der Waals surface area (Å²) in [4.78, 5) is 0. The van der Waals surface area contributed by atoms with E-state index in [0.29, 0.717) is 12.4 Å². The molecule has 0 atom stereocenters. The summed E-state index contributed by atoms with van der Waals surface area (Å²) in [6.07, 6.45) is 0. The van der Waals surface area contributed by atoms with Gasteiger partial charge in [0.15, 0.2) is 11.6 Å². The van der Waals surface area contributed by atoms with Crippen LogP contribution in [0.1, 0.15) is 5.56 Å². The first-order valence-corrected chi connectivity index (χ1v) is 4.77.